The molecule has 1 saturated carbocycles. The van der Waals surface area contributed by atoms with Gasteiger partial charge in [0.05, 0.1) is 11.8 Å². The fourth-order valence-corrected chi connectivity index (χ4v) is 8.22. The third kappa shape index (κ3) is 5.80. The van der Waals surface area contributed by atoms with E-state index in [1.807, 2.05) is 6.07 Å². The monoisotopic (exact) mass is 657 g/mol. The summed E-state index contributed by atoms with van der Waals surface area (Å²) in [6, 6.07) is 52.6. The highest BCUT2D eigenvalue weighted by Crippen LogP contribution is 2.42. The van der Waals surface area contributed by atoms with Crippen molar-refractivity contribution in [2.24, 2.45) is 11.8 Å². The Hall–Kier alpha value is -5.88. The van der Waals surface area contributed by atoms with Crippen molar-refractivity contribution in [2.45, 2.75) is 32.8 Å². The highest BCUT2D eigenvalue weighted by atomic mass is 16.3. The largest absolute Gasteiger partial charge is 0.388 e. The predicted octanol–water partition coefficient (Wildman–Crippen LogP) is 12.5. The normalized spacial score (nSPS) is 19.2. The number of aliphatic hydroxyl groups excluding tert-OH is 1. The van der Waals surface area contributed by atoms with Gasteiger partial charge < -0.3 is 10.0 Å². The van der Waals surface area contributed by atoms with Gasteiger partial charge in [-0.25, -0.2) is 0 Å². The highest BCUT2D eigenvalue weighted by Gasteiger charge is 2.33. The summed E-state index contributed by atoms with van der Waals surface area (Å²) in [5, 5.41) is 18.4. The third-order valence-electron chi connectivity index (χ3n) is 10.9. The van der Waals surface area contributed by atoms with Crippen LogP contribution < -0.4 is 4.90 Å². The van der Waals surface area contributed by atoms with Gasteiger partial charge in [-0.15, -0.1) is 0 Å². The Bertz CT molecular complexity index is 2470. The fourth-order valence-electron chi connectivity index (χ4n) is 8.22. The van der Waals surface area contributed by atoms with Gasteiger partial charge in [0.25, 0.3) is 0 Å². The molecule has 7 aromatic carbocycles. The summed E-state index contributed by atoms with van der Waals surface area (Å²) in [5.41, 5.74) is 10.3. The maximum Gasteiger partial charge on any atom is 0.0980 e. The summed E-state index contributed by atoms with van der Waals surface area (Å²) in [7, 11) is 0. The molecule has 1 N–H and O–H groups in total. The van der Waals surface area contributed by atoms with Gasteiger partial charge in [-0.1, -0.05) is 121 Å². The predicted molar refractivity (Wildman–Crippen MR) is 215 cm³/mol. The number of hydrogen-bond donors (Lipinski definition) is 1. The molecule has 2 nitrogen and oxygen atoms in total. The van der Waals surface area contributed by atoms with E-state index < -0.39 is 6.10 Å². The van der Waals surface area contributed by atoms with Crippen LogP contribution in [0.1, 0.15) is 30.9 Å². The van der Waals surface area contributed by atoms with Crippen molar-refractivity contribution in [3.63, 3.8) is 0 Å². The molecule has 2 heteroatoms. The molecule has 246 valence electrons. The minimum absolute atomic E-state index is 0.150. The molecular weight excluding hydrogens is 619 g/mol. The van der Waals surface area contributed by atoms with Crippen LogP contribution in [0.25, 0.3) is 49.5 Å². The molecule has 51 heavy (non-hydrogen) atoms. The Kier molecular flexibility index (Phi) is 7.80. The van der Waals surface area contributed by atoms with Crippen molar-refractivity contribution in [1.29, 1.82) is 0 Å². The molecule has 0 bridgehead atoms. The zero-order valence-corrected chi connectivity index (χ0v) is 29.0. The van der Waals surface area contributed by atoms with Crippen LogP contribution in [0, 0.1) is 30.9 Å². The third-order valence-corrected chi connectivity index (χ3v) is 10.9. The van der Waals surface area contributed by atoms with Crippen LogP contribution in [0.5, 0.6) is 0 Å². The molecule has 9 rings (SSSR count). The Morgan fingerprint density at radius 1 is 0.667 bits per heavy atom. The second-order valence-corrected chi connectivity index (χ2v) is 14.2. The van der Waals surface area contributed by atoms with E-state index in [9.17, 15) is 5.11 Å². The van der Waals surface area contributed by atoms with Crippen molar-refractivity contribution in [1.82, 2.24) is 0 Å². The zero-order valence-electron chi connectivity index (χ0n) is 29.0. The first-order valence-corrected chi connectivity index (χ1v) is 18.0. The van der Waals surface area contributed by atoms with E-state index in [1.165, 1.54) is 43.8 Å². The van der Waals surface area contributed by atoms with Gasteiger partial charge in [0.2, 0.25) is 0 Å². The van der Waals surface area contributed by atoms with Gasteiger partial charge in [-0.05, 0) is 136 Å². The SMILES string of the molecule is CC1=CC2CCC(=Cc3ccccc3-c3cc4ccc(N(c5c#cc6ccccc6c5)c5ccc6ccccc6c5)cc4cc3C)[C@H](O)C2C=C1. The Morgan fingerprint density at radius 3 is 2.24 bits per heavy atom. The number of aliphatic hydroxyl groups is 1. The molecule has 0 saturated heterocycles. The van der Waals surface area contributed by atoms with Crippen LogP contribution in [-0.2, 0) is 0 Å². The Balaban J connectivity index is 1.11. The van der Waals surface area contributed by atoms with Crippen LogP contribution in [0.2, 0.25) is 0 Å². The van der Waals surface area contributed by atoms with Gasteiger partial charge in [0.15, 0.2) is 0 Å². The summed E-state index contributed by atoms with van der Waals surface area (Å²) in [6.45, 7) is 4.36. The molecule has 0 spiro atoms. The highest BCUT2D eigenvalue weighted by molar-refractivity contribution is 5.96. The number of fused-ring (bicyclic) bond motifs is 4. The molecule has 1 fully saturated rings. The Morgan fingerprint density at radius 2 is 1.37 bits per heavy atom. The average molecular weight is 658 g/mol. The quantitative estimate of drug-likeness (QED) is 0.199. The van der Waals surface area contributed by atoms with Crippen molar-refractivity contribution in [3.05, 3.63) is 180 Å². The van der Waals surface area contributed by atoms with Crippen LogP contribution in [0.3, 0.4) is 0 Å². The Labute approximate surface area is 300 Å². The lowest BCUT2D eigenvalue weighted by molar-refractivity contribution is 0.117. The average Bonchev–Trinajstić information content (AvgIpc) is 3.16. The van der Waals surface area contributed by atoms with Gasteiger partial charge in [0, 0.05) is 22.7 Å². The summed E-state index contributed by atoms with van der Waals surface area (Å²) >= 11 is 0. The lowest BCUT2D eigenvalue weighted by Gasteiger charge is -2.36. The number of rotatable bonds is 5. The second kappa shape index (κ2) is 12.8. The molecule has 7 aromatic rings. The number of aryl methyl sites for hydroxylation is 1. The van der Waals surface area contributed by atoms with Crippen LogP contribution in [0.4, 0.5) is 17.1 Å². The number of anilines is 3. The van der Waals surface area contributed by atoms with Crippen molar-refractivity contribution < 1.29 is 5.11 Å². The number of benzene rings is 6. The molecule has 0 radical (unpaired) electrons. The lowest BCUT2D eigenvalue weighted by atomic mass is 9.71. The molecule has 0 amide bonds. The summed E-state index contributed by atoms with van der Waals surface area (Å²) < 4.78 is 0. The first kappa shape index (κ1) is 31.1. The van der Waals surface area contributed by atoms with Gasteiger partial charge in [0.1, 0.15) is 0 Å². The van der Waals surface area contributed by atoms with Crippen LogP contribution >= 0.6 is 0 Å². The molecular formula is C49H39NO. The minimum atomic E-state index is -0.462. The van der Waals surface area contributed by atoms with E-state index in [0.29, 0.717) is 5.92 Å². The topological polar surface area (TPSA) is 23.5 Å². The van der Waals surface area contributed by atoms with Crippen molar-refractivity contribution in [3.8, 4) is 11.1 Å². The van der Waals surface area contributed by atoms with E-state index in [0.717, 1.165) is 51.8 Å². The van der Waals surface area contributed by atoms with Gasteiger partial charge in [-0.2, -0.15) is 0 Å². The zero-order chi connectivity index (χ0) is 34.5. The molecule has 2 unspecified atom stereocenters. The molecule has 3 atom stereocenters. The first-order valence-electron chi connectivity index (χ1n) is 18.0. The standard InChI is InChI=1S/C49H39NO/c1-32-15-24-47-40(25-32)16-17-41(49(47)51)27-39-13-7-8-14-46(39)48-31-38-20-23-45(30-42(38)26-33(48)2)50(43-21-18-34-9-3-5-11-36(34)28-43)44-22-19-35-10-4-6-12-37(35)29-44/h3-15,18,20-21,23-31,40,47,49,51H,16-17H2,1-2H3/t40?,47?,49-/m0/s1. The molecule has 0 heterocycles. The number of allylic oxidation sites excluding steroid dienone is 3. The van der Waals surface area contributed by atoms with Crippen LogP contribution in [-0.4, -0.2) is 11.2 Å². The van der Waals surface area contributed by atoms with Crippen LogP contribution in [0.15, 0.2) is 157 Å². The van der Waals surface area contributed by atoms with E-state index in [4.69, 9.17) is 0 Å². The van der Waals surface area contributed by atoms with Crippen molar-refractivity contribution >= 4 is 55.5 Å². The maximum absolute atomic E-state index is 11.5. The van der Waals surface area contributed by atoms with E-state index in [1.54, 1.807) is 0 Å². The van der Waals surface area contributed by atoms with E-state index in [2.05, 4.69) is 177 Å². The maximum atomic E-state index is 11.5. The molecule has 2 aliphatic rings. The smallest absolute Gasteiger partial charge is 0.0980 e. The first-order chi connectivity index (χ1) is 25.0. The summed E-state index contributed by atoms with van der Waals surface area (Å²) in [5.74, 6) is 0.566. The lowest BCUT2D eigenvalue weighted by Crippen LogP contribution is -2.33. The molecule has 2 aliphatic carbocycles. The molecule has 0 aromatic heterocycles. The van der Waals surface area contributed by atoms with E-state index >= 15 is 0 Å². The van der Waals surface area contributed by atoms with Crippen molar-refractivity contribution in [2.75, 3.05) is 4.90 Å². The van der Waals surface area contributed by atoms with E-state index in [-0.39, 0.29) is 5.92 Å². The number of nitrogens with zero attached hydrogens (tertiary/aromatic N) is 1. The number of hydrogen-bond acceptors (Lipinski definition) is 2. The van der Waals surface area contributed by atoms with Gasteiger partial charge in [-0.3, -0.25) is 0 Å². The summed E-state index contributed by atoms with van der Waals surface area (Å²) in [6.07, 6.45) is 10.5. The summed E-state index contributed by atoms with van der Waals surface area (Å²) in [4.78, 5) is 2.29. The second-order valence-electron chi connectivity index (χ2n) is 14.2. The fraction of sp³-hybridized carbons (Fsp3) is 0.143. The van der Waals surface area contributed by atoms with Gasteiger partial charge >= 0.3 is 0 Å². The molecule has 0 aliphatic heterocycles. The minimum Gasteiger partial charge on any atom is -0.388 e.